The third kappa shape index (κ3) is 3.80. The number of nitrogens with zero attached hydrogens (tertiary/aromatic N) is 1. The molecule has 1 atom stereocenters. The van der Waals surface area contributed by atoms with Crippen LogP contribution >= 0.6 is 0 Å². The Bertz CT molecular complexity index is 424. The first-order valence-electron chi connectivity index (χ1n) is 5.51. The summed E-state index contributed by atoms with van der Waals surface area (Å²) in [4.78, 5) is 15.8. The van der Waals surface area contributed by atoms with Gasteiger partial charge in [-0.1, -0.05) is 0 Å². The first-order chi connectivity index (χ1) is 8.19. The Morgan fingerprint density at radius 1 is 1.71 bits per heavy atom. The standard InChI is InChI=1S/C13H16N2O2/c1-4-7-10(3)15-12-11(8-6-9-14-12)13(16)17-5-2/h1,6,8-10H,5,7H2,2-3H3,(H,14,15). The highest BCUT2D eigenvalue weighted by molar-refractivity contribution is 5.94. The molecule has 1 heterocycles. The van der Waals surface area contributed by atoms with Crippen LogP contribution < -0.4 is 5.32 Å². The highest BCUT2D eigenvalue weighted by Gasteiger charge is 2.14. The summed E-state index contributed by atoms with van der Waals surface area (Å²) < 4.78 is 4.95. The van der Waals surface area contributed by atoms with Crippen molar-refractivity contribution in [3.05, 3.63) is 23.9 Å². The predicted molar refractivity (Wildman–Crippen MR) is 66.7 cm³/mol. The van der Waals surface area contributed by atoms with Crippen LogP contribution in [0.5, 0.6) is 0 Å². The van der Waals surface area contributed by atoms with E-state index in [1.807, 2.05) is 6.92 Å². The lowest BCUT2D eigenvalue weighted by Gasteiger charge is -2.14. The molecule has 1 rings (SSSR count). The number of carbonyl (C=O) groups excluding carboxylic acids is 1. The first-order valence-corrected chi connectivity index (χ1v) is 5.51. The monoisotopic (exact) mass is 232 g/mol. The second kappa shape index (κ2) is 6.54. The van der Waals surface area contributed by atoms with E-state index < -0.39 is 0 Å². The summed E-state index contributed by atoms with van der Waals surface area (Å²) in [6, 6.07) is 3.43. The van der Waals surface area contributed by atoms with E-state index in [0.29, 0.717) is 24.4 Å². The molecule has 1 N–H and O–H groups in total. The van der Waals surface area contributed by atoms with Gasteiger partial charge in [-0.3, -0.25) is 0 Å². The molecule has 0 aliphatic carbocycles. The molecular formula is C13H16N2O2. The van der Waals surface area contributed by atoms with Gasteiger partial charge in [-0.15, -0.1) is 12.3 Å². The van der Waals surface area contributed by atoms with E-state index in [2.05, 4.69) is 16.2 Å². The fourth-order valence-electron chi connectivity index (χ4n) is 1.36. The fraction of sp³-hybridized carbons (Fsp3) is 0.385. The van der Waals surface area contributed by atoms with Gasteiger partial charge in [0.15, 0.2) is 0 Å². The van der Waals surface area contributed by atoms with Crippen molar-refractivity contribution in [1.82, 2.24) is 4.98 Å². The Morgan fingerprint density at radius 3 is 3.12 bits per heavy atom. The summed E-state index contributed by atoms with van der Waals surface area (Å²) in [7, 11) is 0. The van der Waals surface area contributed by atoms with Crippen LogP contribution in [0.25, 0.3) is 0 Å². The summed E-state index contributed by atoms with van der Waals surface area (Å²) in [5.74, 6) is 2.68. The molecule has 1 aromatic rings. The summed E-state index contributed by atoms with van der Waals surface area (Å²) in [5.41, 5.74) is 0.429. The van der Waals surface area contributed by atoms with Crippen LogP contribution in [0.15, 0.2) is 18.3 Å². The van der Waals surface area contributed by atoms with E-state index in [9.17, 15) is 4.79 Å². The fourth-order valence-corrected chi connectivity index (χ4v) is 1.36. The van der Waals surface area contributed by atoms with Gasteiger partial charge in [0.05, 0.1) is 6.61 Å². The Hall–Kier alpha value is -2.02. The van der Waals surface area contributed by atoms with Gasteiger partial charge >= 0.3 is 5.97 Å². The highest BCUT2D eigenvalue weighted by Crippen LogP contribution is 2.14. The second-order valence-corrected chi connectivity index (χ2v) is 3.57. The lowest BCUT2D eigenvalue weighted by Crippen LogP contribution is -2.18. The van der Waals surface area contributed by atoms with Crippen LogP contribution in [0.4, 0.5) is 5.82 Å². The van der Waals surface area contributed by atoms with Gasteiger partial charge in [0.2, 0.25) is 0 Å². The molecular weight excluding hydrogens is 216 g/mol. The highest BCUT2D eigenvalue weighted by atomic mass is 16.5. The molecule has 4 heteroatoms. The van der Waals surface area contributed by atoms with Crippen molar-refractivity contribution in [2.24, 2.45) is 0 Å². The Morgan fingerprint density at radius 2 is 2.47 bits per heavy atom. The van der Waals surface area contributed by atoms with Gasteiger partial charge in [-0.25, -0.2) is 9.78 Å². The lowest BCUT2D eigenvalue weighted by molar-refractivity contribution is 0.0527. The Kier molecular flexibility index (Phi) is 5.02. The molecule has 0 radical (unpaired) electrons. The van der Waals surface area contributed by atoms with E-state index in [1.54, 1.807) is 25.3 Å². The molecule has 0 aromatic carbocycles. The quantitative estimate of drug-likeness (QED) is 0.624. The van der Waals surface area contributed by atoms with E-state index >= 15 is 0 Å². The van der Waals surface area contributed by atoms with E-state index in [-0.39, 0.29) is 12.0 Å². The molecule has 0 amide bonds. The van der Waals surface area contributed by atoms with Crippen molar-refractivity contribution in [2.75, 3.05) is 11.9 Å². The van der Waals surface area contributed by atoms with E-state index in [4.69, 9.17) is 11.2 Å². The number of pyridine rings is 1. The molecule has 1 unspecified atom stereocenters. The van der Waals surface area contributed by atoms with Gasteiger partial charge in [-0.05, 0) is 26.0 Å². The Balaban J connectivity index is 2.85. The number of hydrogen-bond donors (Lipinski definition) is 1. The van der Waals surface area contributed by atoms with E-state index in [1.165, 1.54) is 0 Å². The zero-order chi connectivity index (χ0) is 12.7. The third-order valence-corrected chi connectivity index (χ3v) is 2.11. The summed E-state index contributed by atoms with van der Waals surface area (Å²) in [6.45, 7) is 4.04. The van der Waals surface area contributed by atoms with Crippen LogP contribution in [0.2, 0.25) is 0 Å². The summed E-state index contributed by atoms with van der Waals surface area (Å²) >= 11 is 0. The van der Waals surface area contributed by atoms with Gasteiger partial charge in [-0.2, -0.15) is 0 Å². The number of anilines is 1. The molecule has 0 bridgehead atoms. The minimum absolute atomic E-state index is 0.0584. The lowest BCUT2D eigenvalue weighted by atomic mass is 10.2. The number of nitrogens with one attached hydrogen (secondary N) is 1. The molecule has 0 aliphatic rings. The molecule has 0 spiro atoms. The molecule has 17 heavy (non-hydrogen) atoms. The number of ether oxygens (including phenoxy) is 1. The van der Waals surface area contributed by atoms with Crippen LogP contribution in [0.3, 0.4) is 0 Å². The van der Waals surface area contributed by atoms with Crippen molar-refractivity contribution in [2.45, 2.75) is 26.3 Å². The first kappa shape index (κ1) is 13.0. The smallest absolute Gasteiger partial charge is 0.341 e. The van der Waals surface area contributed by atoms with Crippen LogP contribution in [0, 0.1) is 12.3 Å². The topological polar surface area (TPSA) is 51.2 Å². The van der Waals surface area contributed by atoms with Gasteiger partial charge < -0.3 is 10.1 Å². The maximum Gasteiger partial charge on any atom is 0.341 e. The van der Waals surface area contributed by atoms with Crippen LogP contribution in [-0.4, -0.2) is 23.6 Å². The minimum Gasteiger partial charge on any atom is -0.462 e. The van der Waals surface area contributed by atoms with Crippen LogP contribution in [-0.2, 0) is 4.74 Å². The van der Waals surface area contributed by atoms with Crippen molar-refractivity contribution < 1.29 is 9.53 Å². The molecule has 0 fully saturated rings. The molecule has 90 valence electrons. The predicted octanol–water partition coefficient (Wildman–Crippen LogP) is 2.08. The number of carbonyl (C=O) groups is 1. The van der Waals surface area contributed by atoms with Crippen molar-refractivity contribution in [3.8, 4) is 12.3 Å². The number of terminal acetylenes is 1. The van der Waals surface area contributed by atoms with Crippen molar-refractivity contribution in [3.63, 3.8) is 0 Å². The summed E-state index contributed by atoms with van der Waals surface area (Å²) in [5, 5.41) is 3.10. The minimum atomic E-state index is -0.379. The SMILES string of the molecule is C#CCC(C)Nc1ncccc1C(=O)OCC. The van der Waals surface area contributed by atoms with Gasteiger partial charge in [0.1, 0.15) is 11.4 Å². The van der Waals surface area contributed by atoms with Crippen molar-refractivity contribution >= 4 is 11.8 Å². The maximum absolute atomic E-state index is 11.7. The second-order valence-electron chi connectivity index (χ2n) is 3.57. The van der Waals surface area contributed by atoms with Gasteiger partial charge in [0.25, 0.3) is 0 Å². The molecule has 1 aromatic heterocycles. The molecule has 4 nitrogen and oxygen atoms in total. The maximum atomic E-state index is 11.7. The Labute approximate surface area is 101 Å². The average molecular weight is 232 g/mol. The largest absolute Gasteiger partial charge is 0.462 e. The van der Waals surface area contributed by atoms with Gasteiger partial charge in [0, 0.05) is 18.7 Å². The molecule has 0 saturated carbocycles. The number of rotatable bonds is 5. The zero-order valence-corrected chi connectivity index (χ0v) is 10.1. The number of aromatic nitrogens is 1. The number of hydrogen-bond acceptors (Lipinski definition) is 4. The third-order valence-electron chi connectivity index (χ3n) is 2.11. The van der Waals surface area contributed by atoms with E-state index in [0.717, 1.165) is 0 Å². The normalized spacial score (nSPS) is 11.4. The molecule has 0 saturated heterocycles. The number of esters is 1. The zero-order valence-electron chi connectivity index (χ0n) is 10.1. The molecule has 0 aliphatic heterocycles. The van der Waals surface area contributed by atoms with Crippen LogP contribution in [0.1, 0.15) is 30.6 Å². The van der Waals surface area contributed by atoms with Crippen molar-refractivity contribution in [1.29, 1.82) is 0 Å². The summed E-state index contributed by atoms with van der Waals surface area (Å²) in [6.07, 6.45) is 7.41. The average Bonchev–Trinajstić information content (AvgIpc) is 2.30.